The van der Waals surface area contributed by atoms with Crippen molar-refractivity contribution in [2.24, 2.45) is 0 Å². The highest BCUT2D eigenvalue weighted by Crippen LogP contribution is 2.24. The van der Waals surface area contributed by atoms with Crippen LogP contribution in [0.3, 0.4) is 0 Å². The van der Waals surface area contributed by atoms with Crippen LogP contribution in [0.2, 0.25) is 0 Å². The van der Waals surface area contributed by atoms with Crippen molar-refractivity contribution in [3.8, 4) is 0 Å². The predicted octanol–water partition coefficient (Wildman–Crippen LogP) is 3.50. The molecule has 0 aliphatic carbocycles. The normalized spacial score (nSPS) is 10.7. The summed E-state index contributed by atoms with van der Waals surface area (Å²) in [6.45, 7) is 2.03. The molecule has 1 N–H and O–H groups in total. The molecule has 0 aliphatic heterocycles. The molecule has 3 aromatic rings. The molecule has 0 atom stereocenters. The zero-order valence-electron chi connectivity index (χ0n) is 12.5. The molecule has 116 valence electrons. The van der Waals surface area contributed by atoms with Gasteiger partial charge in [-0.1, -0.05) is 30.3 Å². The highest BCUT2D eigenvalue weighted by Gasteiger charge is 2.16. The van der Waals surface area contributed by atoms with Crippen molar-refractivity contribution in [1.82, 2.24) is 4.57 Å². The Morgan fingerprint density at radius 3 is 2.65 bits per heavy atom. The van der Waals surface area contributed by atoms with E-state index in [1.807, 2.05) is 41.8 Å². The van der Waals surface area contributed by atoms with Crippen molar-refractivity contribution in [2.75, 3.05) is 5.32 Å². The molecule has 0 bridgehead atoms. The van der Waals surface area contributed by atoms with Crippen molar-refractivity contribution in [3.05, 3.63) is 70.4 Å². The number of carbonyl (C=O) groups is 1. The van der Waals surface area contributed by atoms with Gasteiger partial charge >= 0.3 is 0 Å². The Morgan fingerprint density at radius 2 is 1.87 bits per heavy atom. The number of nitro groups is 1. The predicted molar refractivity (Wildman–Crippen MR) is 88.4 cm³/mol. The van der Waals surface area contributed by atoms with E-state index in [0.29, 0.717) is 0 Å². The number of hydrogen-bond donors (Lipinski definition) is 1. The molecule has 0 fully saturated rings. The van der Waals surface area contributed by atoms with Gasteiger partial charge in [-0.25, -0.2) is 0 Å². The molecule has 0 unspecified atom stereocenters. The molecular weight excluding hydrogens is 294 g/mol. The standard InChI is InChI=1S/C17H15N3O3/c1-12-10-13-6-2-4-8-15(13)19(12)11-17(21)18-14-7-3-5-9-16(14)20(22)23/h2-10H,11H2,1H3,(H,18,21). The van der Waals surface area contributed by atoms with E-state index in [1.54, 1.807) is 12.1 Å². The molecule has 6 nitrogen and oxygen atoms in total. The van der Waals surface area contributed by atoms with Gasteiger partial charge in [-0.15, -0.1) is 0 Å². The number of nitro benzene ring substituents is 1. The number of nitrogens with zero attached hydrogens (tertiary/aromatic N) is 2. The van der Waals surface area contributed by atoms with E-state index in [4.69, 9.17) is 0 Å². The van der Waals surface area contributed by atoms with Gasteiger partial charge in [0.15, 0.2) is 0 Å². The Balaban J connectivity index is 1.85. The minimum Gasteiger partial charge on any atom is -0.335 e. The number of amides is 1. The quantitative estimate of drug-likeness (QED) is 0.592. The van der Waals surface area contributed by atoms with Crippen molar-refractivity contribution in [3.63, 3.8) is 0 Å². The molecule has 1 aromatic heterocycles. The van der Waals surface area contributed by atoms with Gasteiger partial charge in [0.1, 0.15) is 12.2 Å². The molecule has 1 heterocycles. The third-order valence-corrected chi connectivity index (χ3v) is 3.69. The lowest BCUT2D eigenvalue weighted by atomic mass is 10.2. The lowest BCUT2D eigenvalue weighted by Gasteiger charge is -2.09. The number of para-hydroxylation sites is 3. The van der Waals surface area contributed by atoms with Gasteiger partial charge in [0.25, 0.3) is 5.69 Å². The van der Waals surface area contributed by atoms with Crippen LogP contribution in [0.25, 0.3) is 10.9 Å². The second-order valence-electron chi connectivity index (χ2n) is 5.25. The number of hydrogen-bond acceptors (Lipinski definition) is 3. The first kappa shape index (κ1) is 14.8. The number of carbonyl (C=O) groups excluding carboxylic acids is 1. The molecule has 0 spiro atoms. The monoisotopic (exact) mass is 309 g/mol. The highest BCUT2D eigenvalue weighted by molar-refractivity contribution is 5.94. The lowest BCUT2D eigenvalue weighted by molar-refractivity contribution is -0.383. The topological polar surface area (TPSA) is 77.2 Å². The zero-order valence-corrected chi connectivity index (χ0v) is 12.5. The van der Waals surface area contributed by atoms with Crippen molar-refractivity contribution in [2.45, 2.75) is 13.5 Å². The van der Waals surface area contributed by atoms with Crippen molar-refractivity contribution >= 4 is 28.2 Å². The van der Waals surface area contributed by atoms with Crippen molar-refractivity contribution < 1.29 is 9.72 Å². The van der Waals surface area contributed by atoms with Gasteiger partial charge in [0, 0.05) is 17.3 Å². The van der Waals surface area contributed by atoms with Gasteiger partial charge in [0.2, 0.25) is 5.91 Å². The first-order valence-corrected chi connectivity index (χ1v) is 7.14. The fourth-order valence-corrected chi connectivity index (χ4v) is 2.63. The third kappa shape index (κ3) is 2.91. The summed E-state index contributed by atoms with van der Waals surface area (Å²) in [5, 5.41) is 14.7. The van der Waals surface area contributed by atoms with Gasteiger partial charge < -0.3 is 9.88 Å². The summed E-state index contributed by atoms with van der Waals surface area (Å²) in [4.78, 5) is 22.8. The van der Waals surface area contributed by atoms with Crippen molar-refractivity contribution in [1.29, 1.82) is 0 Å². The van der Waals surface area contributed by atoms with E-state index in [0.717, 1.165) is 16.6 Å². The fourth-order valence-electron chi connectivity index (χ4n) is 2.63. The second-order valence-corrected chi connectivity index (χ2v) is 5.25. The Kier molecular flexibility index (Phi) is 3.80. The largest absolute Gasteiger partial charge is 0.335 e. The summed E-state index contributed by atoms with van der Waals surface area (Å²) in [6, 6.07) is 15.9. The summed E-state index contributed by atoms with van der Waals surface area (Å²) in [5.74, 6) is -0.302. The van der Waals surface area contributed by atoms with Crippen LogP contribution in [-0.2, 0) is 11.3 Å². The Hall–Kier alpha value is -3.15. The Morgan fingerprint density at radius 1 is 1.17 bits per heavy atom. The molecule has 0 radical (unpaired) electrons. The first-order chi connectivity index (χ1) is 11.1. The summed E-state index contributed by atoms with van der Waals surface area (Å²) in [6.07, 6.45) is 0. The molecule has 23 heavy (non-hydrogen) atoms. The van der Waals surface area contributed by atoms with Crippen LogP contribution in [0, 0.1) is 17.0 Å². The van der Waals surface area contributed by atoms with E-state index in [2.05, 4.69) is 5.32 Å². The average molecular weight is 309 g/mol. The summed E-state index contributed by atoms with van der Waals surface area (Å²) in [5.41, 5.74) is 2.01. The lowest BCUT2D eigenvalue weighted by Crippen LogP contribution is -2.19. The van der Waals surface area contributed by atoms with Crippen LogP contribution in [0.5, 0.6) is 0 Å². The maximum Gasteiger partial charge on any atom is 0.292 e. The molecule has 2 aromatic carbocycles. The number of benzene rings is 2. The maximum absolute atomic E-state index is 12.3. The van der Waals surface area contributed by atoms with E-state index >= 15 is 0 Å². The van der Waals surface area contributed by atoms with E-state index < -0.39 is 4.92 Å². The van der Waals surface area contributed by atoms with Crippen LogP contribution in [0.4, 0.5) is 11.4 Å². The number of aromatic nitrogens is 1. The van der Waals surface area contributed by atoms with Crippen LogP contribution < -0.4 is 5.32 Å². The van der Waals surface area contributed by atoms with Gasteiger partial charge in [-0.3, -0.25) is 14.9 Å². The Labute approximate surface area is 132 Å². The van der Waals surface area contributed by atoms with E-state index in [1.165, 1.54) is 12.1 Å². The second kappa shape index (κ2) is 5.92. The zero-order chi connectivity index (χ0) is 16.4. The number of aryl methyl sites for hydroxylation is 1. The SMILES string of the molecule is Cc1cc2ccccc2n1CC(=O)Nc1ccccc1[N+](=O)[O-]. The Bertz CT molecular complexity index is 899. The molecule has 0 saturated heterocycles. The first-order valence-electron chi connectivity index (χ1n) is 7.14. The molecule has 3 rings (SSSR count). The maximum atomic E-state index is 12.3. The summed E-state index contributed by atoms with van der Waals surface area (Å²) < 4.78 is 1.89. The minimum atomic E-state index is -0.508. The van der Waals surface area contributed by atoms with Crippen LogP contribution >= 0.6 is 0 Å². The minimum absolute atomic E-state index is 0.103. The summed E-state index contributed by atoms with van der Waals surface area (Å²) >= 11 is 0. The third-order valence-electron chi connectivity index (χ3n) is 3.69. The van der Waals surface area contributed by atoms with Gasteiger partial charge in [0.05, 0.1) is 4.92 Å². The van der Waals surface area contributed by atoms with Gasteiger partial charge in [-0.05, 0) is 30.5 Å². The average Bonchev–Trinajstić information content (AvgIpc) is 2.83. The smallest absolute Gasteiger partial charge is 0.292 e. The fraction of sp³-hybridized carbons (Fsp3) is 0.118. The number of anilines is 1. The highest BCUT2D eigenvalue weighted by atomic mass is 16.6. The van der Waals surface area contributed by atoms with Crippen LogP contribution in [-0.4, -0.2) is 15.4 Å². The van der Waals surface area contributed by atoms with Gasteiger partial charge in [-0.2, -0.15) is 0 Å². The number of nitrogens with one attached hydrogen (secondary N) is 1. The van der Waals surface area contributed by atoms with Crippen LogP contribution in [0.1, 0.15) is 5.69 Å². The molecule has 0 saturated carbocycles. The molecule has 1 amide bonds. The number of rotatable bonds is 4. The summed E-state index contributed by atoms with van der Waals surface area (Å²) in [7, 11) is 0. The van der Waals surface area contributed by atoms with E-state index in [9.17, 15) is 14.9 Å². The van der Waals surface area contributed by atoms with Crippen LogP contribution in [0.15, 0.2) is 54.6 Å². The molecular formula is C17H15N3O3. The molecule has 0 aliphatic rings. The van der Waals surface area contributed by atoms with E-state index in [-0.39, 0.29) is 23.8 Å². The number of fused-ring (bicyclic) bond motifs is 1. The molecule has 6 heteroatoms.